The zero-order chi connectivity index (χ0) is 16.5. The van der Waals surface area contributed by atoms with E-state index in [4.69, 9.17) is 0 Å². The molecule has 24 heavy (non-hydrogen) atoms. The molecule has 1 aromatic carbocycles. The van der Waals surface area contributed by atoms with Gasteiger partial charge in [-0.25, -0.2) is 9.97 Å². The van der Waals surface area contributed by atoms with E-state index in [0.29, 0.717) is 15.9 Å². The van der Waals surface area contributed by atoms with Crippen LogP contribution in [-0.4, -0.2) is 24.6 Å². The highest BCUT2D eigenvalue weighted by molar-refractivity contribution is 7.98. The Morgan fingerprint density at radius 1 is 1.29 bits per heavy atom. The Hall–Kier alpha value is -2.45. The van der Waals surface area contributed by atoms with Crippen LogP contribution in [0, 0.1) is 6.92 Å². The van der Waals surface area contributed by atoms with Crippen LogP contribution in [0.25, 0.3) is 16.3 Å². The summed E-state index contributed by atoms with van der Waals surface area (Å²) < 4.78 is 1.54. The van der Waals surface area contributed by atoms with Crippen LogP contribution in [0.3, 0.4) is 0 Å². The number of thioether (sulfide) groups is 1. The fourth-order valence-electron chi connectivity index (χ4n) is 2.37. The maximum absolute atomic E-state index is 12.0. The summed E-state index contributed by atoms with van der Waals surface area (Å²) in [5.74, 6) is 1.30. The first kappa shape index (κ1) is 15.1. The van der Waals surface area contributed by atoms with E-state index in [-0.39, 0.29) is 5.56 Å². The Kier molecular flexibility index (Phi) is 3.91. The summed E-state index contributed by atoms with van der Waals surface area (Å²) in [5, 5.41) is 9.70. The number of aryl methyl sites for hydroxylation is 1. The molecule has 0 amide bonds. The molecule has 0 aliphatic heterocycles. The minimum Gasteiger partial charge on any atom is -0.269 e. The third-order valence-electron chi connectivity index (χ3n) is 3.57. The fraction of sp³-hybridized carbons (Fsp3) is 0.125. The lowest BCUT2D eigenvalue weighted by Gasteiger charge is -2.00. The molecule has 3 aromatic heterocycles. The number of hydrogen-bond acceptors (Lipinski definition) is 6. The molecule has 0 aliphatic carbocycles. The molecule has 0 spiro atoms. The summed E-state index contributed by atoms with van der Waals surface area (Å²) >= 11 is 2.90. The molecule has 3 heterocycles. The number of benzene rings is 1. The zero-order valence-corrected chi connectivity index (χ0v) is 14.4. The van der Waals surface area contributed by atoms with Gasteiger partial charge in [0.15, 0.2) is 10.8 Å². The smallest absolute Gasteiger partial charge is 0.258 e. The lowest BCUT2D eigenvalue weighted by molar-refractivity contribution is 0.970. The van der Waals surface area contributed by atoms with Crippen molar-refractivity contribution in [3.63, 3.8) is 0 Å². The van der Waals surface area contributed by atoms with Crippen molar-refractivity contribution >= 4 is 28.1 Å². The number of nitrogens with zero attached hydrogens (tertiary/aromatic N) is 4. The predicted octanol–water partition coefficient (Wildman–Crippen LogP) is 3.14. The standard InChI is InChI=1S/C16H13N5OS2/c1-10-4-2-3-5-12(10)14-18-15(20-19-14)24-9-11-8-13(22)21-6-7-23-16(21)17-11/h2-8H,9H2,1H3,(H,18,19,20). The number of fused-ring (bicyclic) bond motifs is 1. The van der Waals surface area contributed by atoms with Crippen LogP contribution in [0.2, 0.25) is 0 Å². The van der Waals surface area contributed by atoms with Gasteiger partial charge in [0.1, 0.15) is 0 Å². The third kappa shape index (κ3) is 2.85. The molecule has 0 fully saturated rings. The van der Waals surface area contributed by atoms with Crippen LogP contribution in [0.4, 0.5) is 0 Å². The van der Waals surface area contributed by atoms with Gasteiger partial charge in [-0.15, -0.1) is 16.4 Å². The highest BCUT2D eigenvalue weighted by Crippen LogP contribution is 2.23. The number of rotatable bonds is 4. The first-order valence-corrected chi connectivity index (χ1v) is 9.14. The molecule has 0 saturated carbocycles. The van der Waals surface area contributed by atoms with Crippen molar-refractivity contribution in [2.75, 3.05) is 0 Å². The van der Waals surface area contributed by atoms with E-state index in [2.05, 4.69) is 20.2 Å². The Balaban J connectivity index is 1.54. The van der Waals surface area contributed by atoms with Crippen LogP contribution >= 0.6 is 23.1 Å². The molecule has 0 bridgehead atoms. The number of H-pyrrole nitrogens is 1. The van der Waals surface area contributed by atoms with E-state index >= 15 is 0 Å². The van der Waals surface area contributed by atoms with Crippen LogP contribution in [0.1, 0.15) is 11.3 Å². The van der Waals surface area contributed by atoms with E-state index in [1.807, 2.05) is 36.6 Å². The number of hydrogen-bond donors (Lipinski definition) is 1. The minimum absolute atomic E-state index is 0.0626. The quantitative estimate of drug-likeness (QED) is 0.569. The molecular formula is C16H13N5OS2. The molecule has 6 nitrogen and oxygen atoms in total. The number of aromatic nitrogens is 5. The summed E-state index contributed by atoms with van der Waals surface area (Å²) in [6, 6.07) is 9.58. The van der Waals surface area contributed by atoms with Crippen molar-refractivity contribution in [1.82, 2.24) is 24.6 Å². The zero-order valence-electron chi connectivity index (χ0n) is 12.8. The maximum Gasteiger partial charge on any atom is 0.258 e. The normalized spacial score (nSPS) is 11.2. The monoisotopic (exact) mass is 355 g/mol. The van der Waals surface area contributed by atoms with Crippen LogP contribution in [0.15, 0.2) is 51.9 Å². The van der Waals surface area contributed by atoms with Gasteiger partial charge in [-0.05, 0) is 12.5 Å². The SMILES string of the molecule is Cc1ccccc1-c1nc(SCc2cc(=O)n3ccsc3n2)n[nH]1. The van der Waals surface area contributed by atoms with Gasteiger partial charge in [0.2, 0.25) is 5.16 Å². The van der Waals surface area contributed by atoms with Crippen molar-refractivity contribution in [1.29, 1.82) is 0 Å². The van der Waals surface area contributed by atoms with E-state index in [1.165, 1.54) is 23.1 Å². The average molecular weight is 355 g/mol. The summed E-state index contributed by atoms with van der Waals surface area (Å²) in [6.07, 6.45) is 1.73. The number of aromatic amines is 1. The second-order valence-corrected chi connectivity index (χ2v) is 7.03. The molecule has 120 valence electrons. The molecule has 8 heteroatoms. The van der Waals surface area contributed by atoms with Crippen LogP contribution in [0.5, 0.6) is 0 Å². The molecular weight excluding hydrogens is 342 g/mol. The largest absolute Gasteiger partial charge is 0.269 e. The molecule has 0 radical (unpaired) electrons. The number of thiazole rings is 1. The van der Waals surface area contributed by atoms with Gasteiger partial charge in [-0.3, -0.25) is 14.3 Å². The molecule has 1 N–H and O–H groups in total. The van der Waals surface area contributed by atoms with Crippen molar-refractivity contribution in [2.45, 2.75) is 17.8 Å². The lowest BCUT2D eigenvalue weighted by Crippen LogP contribution is -2.12. The van der Waals surface area contributed by atoms with Crippen LogP contribution in [-0.2, 0) is 5.75 Å². The Morgan fingerprint density at radius 2 is 2.17 bits per heavy atom. The Labute approximate surface area is 145 Å². The van der Waals surface area contributed by atoms with Crippen LogP contribution < -0.4 is 5.56 Å². The molecule has 0 unspecified atom stereocenters. The van der Waals surface area contributed by atoms with E-state index in [1.54, 1.807) is 16.7 Å². The van der Waals surface area contributed by atoms with Gasteiger partial charge in [-0.2, -0.15) is 0 Å². The van der Waals surface area contributed by atoms with Crippen molar-refractivity contribution in [3.8, 4) is 11.4 Å². The summed E-state index contributed by atoms with van der Waals surface area (Å²) in [4.78, 5) is 21.7. The van der Waals surface area contributed by atoms with Gasteiger partial charge in [0.05, 0.1) is 5.69 Å². The molecule has 0 atom stereocenters. The van der Waals surface area contributed by atoms with E-state index < -0.39 is 0 Å². The van der Waals surface area contributed by atoms with Crippen molar-refractivity contribution < 1.29 is 0 Å². The average Bonchev–Trinajstić information content (AvgIpc) is 3.22. The van der Waals surface area contributed by atoms with E-state index in [9.17, 15) is 4.79 Å². The van der Waals surface area contributed by atoms with Gasteiger partial charge in [0.25, 0.3) is 5.56 Å². The third-order valence-corrected chi connectivity index (χ3v) is 5.21. The van der Waals surface area contributed by atoms with Crippen molar-refractivity contribution in [2.24, 2.45) is 0 Å². The molecule has 0 saturated heterocycles. The summed E-state index contributed by atoms with van der Waals surface area (Å²) in [7, 11) is 0. The topological polar surface area (TPSA) is 75.9 Å². The lowest BCUT2D eigenvalue weighted by atomic mass is 10.1. The molecule has 4 rings (SSSR count). The number of nitrogens with one attached hydrogen (secondary N) is 1. The fourth-order valence-corrected chi connectivity index (χ4v) is 3.80. The predicted molar refractivity (Wildman–Crippen MR) is 95.5 cm³/mol. The second-order valence-electron chi connectivity index (χ2n) is 5.21. The van der Waals surface area contributed by atoms with E-state index in [0.717, 1.165) is 22.6 Å². The van der Waals surface area contributed by atoms with Gasteiger partial charge in [0, 0.05) is 29.0 Å². The molecule has 4 aromatic rings. The first-order valence-electron chi connectivity index (χ1n) is 7.28. The first-order chi connectivity index (χ1) is 11.7. The van der Waals surface area contributed by atoms with Crippen molar-refractivity contribution in [3.05, 3.63) is 63.5 Å². The Morgan fingerprint density at radius 3 is 3.04 bits per heavy atom. The Bertz CT molecular complexity index is 1070. The molecule has 0 aliphatic rings. The maximum atomic E-state index is 12.0. The van der Waals surface area contributed by atoms with Gasteiger partial charge in [-0.1, -0.05) is 36.0 Å². The summed E-state index contributed by atoms with van der Waals surface area (Å²) in [6.45, 7) is 2.04. The minimum atomic E-state index is -0.0626. The van der Waals surface area contributed by atoms with Gasteiger partial charge >= 0.3 is 0 Å². The second kappa shape index (κ2) is 6.21. The highest BCUT2D eigenvalue weighted by atomic mass is 32.2. The van der Waals surface area contributed by atoms with Gasteiger partial charge < -0.3 is 0 Å². The summed E-state index contributed by atoms with van der Waals surface area (Å²) in [5.41, 5.74) is 2.85. The highest BCUT2D eigenvalue weighted by Gasteiger charge is 2.10.